The van der Waals surface area contributed by atoms with Crippen molar-refractivity contribution in [2.24, 2.45) is 0 Å². The summed E-state index contributed by atoms with van der Waals surface area (Å²) in [5, 5.41) is 25.2. The van der Waals surface area contributed by atoms with Crippen molar-refractivity contribution in [1.82, 2.24) is 14.7 Å². The number of carbonyl (C=O) groups excluding carboxylic acids is 1. The highest BCUT2D eigenvalue weighted by atomic mass is 16.3. The molecule has 1 aromatic heterocycles. The fourth-order valence-corrected chi connectivity index (χ4v) is 3.53. The van der Waals surface area contributed by atoms with Crippen LogP contribution in [-0.4, -0.2) is 56.1 Å². The Morgan fingerprint density at radius 2 is 1.68 bits per heavy atom. The van der Waals surface area contributed by atoms with Gasteiger partial charge in [-0.1, -0.05) is 48.5 Å². The van der Waals surface area contributed by atoms with Crippen LogP contribution < -0.4 is 5.56 Å². The standard InChI is InChI=1S/C21H21N3O4/c25-17-10-11-23(12-18(17)26)19(27)13-24-21(28)16-9-5-4-8-15(16)20(22-24)14-6-2-1-3-7-14/h1-9,17-18,25-26H,10-13H2/t17-,18-/m0/s1. The van der Waals surface area contributed by atoms with Crippen molar-refractivity contribution in [2.75, 3.05) is 13.1 Å². The first kappa shape index (κ1) is 18.3. The van der Waals surface area contributed by atoms with Gasteiger partial charge in [0.05, 0.1) is 23.3 Å². The molecular formula is C21H21N3O4. The molecule has 7 heteroatoms. The molecule has 2 atom stereocenters. The first-order chi connectivity index (χ1) is 13.5. The number of carbonyl (C=O) groups is 1. The Labute approximate surface area is 161 Å². The number of hydrogen-bond acceptors (Lipinski definition) is 5. The molecule has 2 aromatic carbocycles. The predicted octanol–water partition coefficient (Wildman–Crippen LogP) is 1.02. The molecule has 0 radical (unpaired) electrons. The molecule has 28 heavy (non-hydrogen) atoms. The van der Waals surface area contributed by atoms with Crippen LogP contribution in [0.5, 0.6) is 0 Å². The zero-order valence-electron chi connectivity index (χ0n) is 15.2. The Balaban J connectivity index is 1.72. The summed E-state index contributed by atoms with van der Waals surface area (Å²) in [6.45, 7) is 0.172. The largest absolute Gasteiger partial charge is 0.390 e. The Hall–Kier alpha value is -3.03. The number of aliphatic hydroxyl groups is 2. The van der Waals surface area contributed by atoms with E-state index in [0.717, 1.165) is 10.9 Å². The van der Waals surface area contributed by atoms with Gasteiger partial charge in [0.25, 0.3) is 5.56 Å². The Bertz CT molecular complexity index is 1060. The minimum atomic E-state index is -0.973. The van der Waals surface area contributed by atoms with Gasteiger partial charge in [-0.15, -0.1) is 0 Å². The van der Waals surface area contributed by atoms with E-state index in [1.165, 1.54) is 9.58 Å². The molecule has 3 aromatic rings. The van der Waals surface area contributed by atoms with Crippen LogP contribution in [0.1, 0.15) is 6.42 Å². The minimum Gasteiger partial charge on any atom is -0.390 e. The quantitative estimate of drug-likeness (QED) is 0.708. The Morgan fingerprint density at radius 1 is 1.00 bits per heavy atom. The predicted molar refractivity (Wildman–Crippen MR) is 105 cm³/mol. The fourth-order valence-electron chi connectivity index (χ4n) is 3.53. The van der Waals surface area contributed by atoms with E-state index in [-0.39, 0.29) is 24.6 Å². The number of hydrogen-bond donors (Lipinski definition) is 2. The third-order valence-electron chi connectivity index (χ3n) is 5.10. The van der Waals surface area contributed by atoms with Gasteiger partial charge in [0.2, 0.25) is 5.91 Å². The topological polar surface area (TPSA) is 95.7 Å². The van der Waals surface area contributed by atoms with Crippen LogP contribution in [0.2, 0.25) is 0 Å². The maximum Gasteiger partial charge on any atom is 0.275 e. The highest BCUT2D eigenvalue weighted by Gasteiger charge is 2.29. The number of benzene rings is 2. The number of aromatic nitrogens is 2. The van der Waals surface area contributed by atoms with E-state index in [9.17, 15) is 19.8 Å². The van der Waals surface area contributed by atoms with Crippen molar-refractivity contribution < 1.29 is 15.0 Å². The van der Waals surface area contributed by atoms with Gasteiger partial charge in [0.15, 0.2) is 0 Å². The summed E-state index contributed by atoms with van der Waals surface area (Å²) >= 11 is 0. The van der Waals surface area contributed by atoms with Crippen molar-refractivity contribution in [3.05, 3.63) is 65.0 Å². The molecule has 4 rings (SSSR count). The van der Waals surface area contributed by atoms with Crippen LogP contribution >= 0.6 is 0 Å². The maximum absolute atomic E-state index is 12.9. The van der Waals surface area contributed by atoms with E-state index >= 15 is 0 Å². The van der Waals surface area contributed by atoms with Crippen LogP contribution in [0.25, 0.3) is 22.0 Å². The van der Waals surface area contributed by atoms with E-state index in [0.29, 0.717) is 24.0 Å². The number of nitrogens with zero attached hydrogens (tertiary/aromatic N) is 3. The molecule has 1 saturated heterocycles. The van der Waals surface area contributed by atoms with Gasteiger partial charge in [-0.25, -0.2) is 4.68 Å². The number of fused-ring (bicyclic) bond motifs is 1. The van der Waals surface area contributed by atoms with Crippen LogP contribution in [0.15, 0.2) is 59.4 Å². The molecule has 0 unspecified atom stereocenters. The lowest BCUT2D eigenvalue weighted by Crippen LogP contribution is -2.50. The Morgan fingerprint density at radius 3 is 2.39 bits per heavy atom. The molecular weight excluding hydrogens is 358 g/mol. The summed E-state index contributed by atoms with van der Waals surface area (Å²) in [5.41, 5.74) is 1.16. The van der Waals surface area contributed by atoms with Crippen LogP contribution in [-0.2, 0) is 11.3 Å². The van der Waals surface area contributed by atoms with Crippen molar-refractivity contribution in [2.45, 2.75) is 25.2 Å². The lowest BCUT2D eigenvalue weighted by Gasteiger charge is -2.33. The molecule has 1 fully saturated rings. The van der Waals surface area contributed by atoms with Gasteiger partial charge >= 0.3 is 0 Å². The number of piperidine rings is 1. The third-order valence-corrected chi connectivity index (χ3v) is 5.10. The van der Waals surface area contributed by atoms with Crippen molar-refractivity contribution in [3.8, 4) is 11.3 Å². The van der Waals surface area contributed by atoms with E-state index in [1.807, 2.05) is 42.5 Å². The van der Waals surface area contributed by atoms with E-state index < -0.39 is 12.2 Å². The van der Waals surface area contributed by atoms with Crippen LogP contribution in [0.3, 0.4) is 0 Å². The van der Waals surface area contributed by atoms with Gasteiger partial charge in [0.1, 0.15) is 6.54 Å². The number of amides is 1. The third kappa shape index (κ3) is 3.42. The lowest BCUT2D eigenvalue weighted by molar-refractivity contribution is -0.138. The highest BCUT2D eigenvalue weighted by Crippen LogP contribution is 2.24. The number of likely N-dealkylation sites (tertiary alicyclic amines) is 1. The second kappa shape index (κ2) is 7.53. The molecule has 1 aliphatic rings. The normalized spacial score (nSPS) is 19.7. The second-order valence-corrected chi connectivity index (χ2v) is 6.99. The fraction of sp³-hybridized carbons (Fsp3) is 0.286. The summed E-state index contributed by atoms with van der Waals surface area (Å²) in [7, 11) is 0. The highest BCUT2D eigenvalue weighted by molar-refractivity contribution is 5.93. The molecule has 0 spiro atoms. The van der Waals surface area contributed by atoms with Crippen LogP contribution in [0.4, 0.5) is 0 Å². The zero-order valence-corrected chi connectivity index (χ0v) is 15.2. The first-order valence-electron chi connectivity index (χ1n) is 9.24. The lowest BCUT2D eigenvalue weighted by atomic mass is 10.0. The number of aliphatic hydroxyl groups excluding tert-OH is 2. The van der Waals surface area contributed by atoms with Crippen molar-refractivity contribution in [1.29, 1.82) is 0 Å². The number of rotatable bonds is 3. The van der Waals surface area contributed by atoms with Crippen molar-refractivity contribution in [3.63, 3.8) is 0 Å². The SMILES string of the molecule is O=C(Cn1nc(-c2ccccc2)c2ccccc2c1=O)N1CC[C@H](O)[C@@H](O)C1. The molecule has 1 aliphatic heterocycles. The minimum absolute atomic E-state index is 0.0495. The summed E-state index contributed by atoms with van der Waals surface area (Å²) in [5.74, 6) is -0.310. The molecule has 2 heterocycles. The van der Waals surface area contributed by atoms with Crippen LogP contribution in [0, 0.1) is 0 Å². The van der Waals surface area contributed by atoms with E-state index in [2.05, 4.69) is 5.10 Å². The summed E-state index contributed by atoms with van der Waals surface area (Å²) in [4.78, 5) is 27.0. The van der Waals surface area contributed by atoms with Crippen molar-refractivity contribution >= 4 is 16.7 Å². The smallest absolute Gasteiger partial charge is 0.275 e. The molecule has 7 nitrogen and oxygen atoms in total. The average molecular weight is 379 g/mol. The summed E-state index contributed by atoms with van der Waals surface area (Å²) in [6.07, 6.45) is -1.49. The van der Waals surface area contributed by atoms with Gasteiger partial charge in [-0.05, 0) is 12.5 Å². The molecule has 144 valence electrons. The monoisotopic (exact) mass is 379 g/mol. The zero-order chi connectivity index (χ0) is 19.7. The molecule has 0 aliphatic carbocycles. The maximum atomic E-state index is 12.9. The second-order valence-electron chi connectivity index (χ2n) is 6.99. The molecule has 1 amide bonds. The Kier molecular flexibility index (Phi) is 4.93. The molecule has 0 saturated carbocycles. The van der Waals surface area contributed by atoms with Gasteiger partial charge in [0, 0.05) is 24.0 Å². The molecule has 0 bridgehead atoms. The van der Waals surface area contributed by atoms with Gasteiger partial charge in [-0.2, -0.15) is 5.10 Å². The van der Waals surface area contributed by atoms with E-state index in [4.69, 9.17) is 0 Å². The summed E-state index contributed by atoms with van der Waals surface area (Å²) < 4.78 is 1.18. The number of β-amino-alcohol motifs (C(OH)–C–C–N with tert-alkyl or cyclic N) is 1. The van der Waals surface area contributed by atoms with Gasteiger partial charge in [-0.3, -0.25) is 9.59 Å². The first-order valence-corrected chi connectivity index (χ1v) is 9.24. The molecule has 2 N–H and O–H groups in total. The summed E-state index contributed by atoms with van der Waals surface area (Å²) in [6, 6.07) is 16.7. The van der Waals surface area contributed by atoms with Gasteiger partial charge < -0.3 is 15.1 Å². The van der Waals surface area contributed by atoms with E-state index in [1.54, 1.807) is 12.1 Å². The average Bonchev–Trinajstić information content (AvgIpc) is 2.72.